The summed E-state index contributed by atoms with van der Waals surface area (Å²) in [7, 11) is 0. The zero-order chi connectivity index (χ0) is 23.1. The molecule has 3 aromatic carbocycles. The first kappa shape index (κ1) is 24.2. The van der Waals surface area contributed by atoms with E-state index in [1.807, 2.05) is 6.07 Å². The molecule has 168 valence electrons. The zero-order valence-electron chi connectivity index (χ0n) is 16.5. The molecule has 32 heavy (non-hydrogen) atoms. The molecular weight excluding hydrogens is 557 g/mol. The molecule has 0 saturated carbocycles. The van der Waals surface area contributed by atoms with Crippen molar-refractivity contribution in [2.75, 3.05) is 18.6 Å². The summed E-state index contributed by atoms with van der Waals surface area (Å²) < 4.78 is 33.2. The number of carbonyl (C=O) groups is 1. The monoisotopic (exact) mass is 574 g/mol. The Morgan fingerprint density at radius 3 is 2.50 bits per heavy atom. The Morgan fingerprint density at radius 2 is 1.81 bits per heavy atom. The molecule has 10 heteroatoms. The molecule has 2 N–H and O–H groups in total. The molecule has 3 aromatic rings. The number of hydroxylamine groups is 1. The van der Waals surface area contributed by atoms with Crippen molar-refractivity contribution in [3.8, 4) is 5.75 Å². The highest BCUT2D eigenvalue weighted by Gasteiger charge is 2.21. The molecule has 0 heterocycles. The maximum Gasteiger partial charge on any atom is 0.297 e. The molecule has 0 aliphatic carbocycles. The molecule has 0 bridgehead atoms. The summed E-state index contributed by atoms with van der Waals surface area (Å²) in [6.45, 7) is -0.432. The second-order valence-corrected chi connectivity index (χ2v) is 8.19. The van der Waals surface area contributed by atoms with Gasteiger partial charge in [0, 0.05) is 9.13 Å². The van der Waals surface area contributed by atoms with Crippen LogP contribution in [0.3, 0.4) is 0 Å². The number of nitrogens with one attached hydrogen (secondary N) is 1. The van der Waals surface area contributed by atoms with E-state index in [9.17, 15) is 18.7 Å². The van der Waals surface area contributed by atoms with Crippen LogP contribution < -0.4 is 10.2 Å². The van der Waals surface area contributed by atoms with Gasteiger partial charge in [-0.1, -0.05) is 29.8 Å². The van der Waals surface area contributed by atoms with E-state index in [-0.39, 0.29) is 18.8 Å². The molecular formula is C22H18ClF2IN2O4. The van der Waals surface area contributed by atoms with Crippen LogP contribution >= 0.6 is 34.2 Å². The average Bonchev–Trinajstić information content (AvgIpc) is 2.78. The second-order valence-electron chi connectivity index (χ2n) is 6.54. The van der Waals surface area contributed by atoms with Gasteiger partial charge in [0.05, 0.1) is 10.7 Å². The van der Waals surface area contributed by atoms with E-state index in [4.69, 9.17) is 21.2 Å². The lowest BCUT2D eigenvalue weighted by Gasteiger charge is -2.25. The summed E-state index contributed by atoms with van der Waals surface area (Å²) in [6, 6.07) is 16.6. The van der Waals surface area contributed by atoms with Crippen LogP contribution in [0.1, 0.15) is 10.4 Å². The normalized spacial score (nSPS) is 11.7. The number of anilines is 1. The van der Waals surface area contributed by atoms with E-state index in [0.29, 0.717) is 21.6 Å². The minimum Gasteiger partial charge on any atom is -0.491 e. The first-order chi connectivity index (χ1) is 15.3. The third-order valence-electron chi connectivity index (χ3n) is 4.09. The average molecular weight is 575 g/mol. The van der Waals surface area contributed by atoms with Gasteiger partial charge in [-0.2, -0.15) is 0 Å². The highest BCUT2D eigenvalue weighted by molar-refractivity contribution is 14.1. The maximum atomic E-state index is 13.6. The van der Waals surface area contributed by atoms with E-state index in [2.05, 4.69) is 28.0 Å². The molecule has 0 aromatic heterocycles. The van der Waals surface area contributed by atoms with Crippen molar-refractivity contribution in [3.05, 3.63) is 92.5 Å². The fourth-order valence-electron chi connectivity index (χ4n) is 2.50. The van der Waals surface area contributed by atoms with Crippen LogP contribution in [-0.4, -0.2) is 35.5 Å². The third kappa shape index (κ3) is 6.76. The highest BCUT2D eigenvalue weighted by Crippen LogP contribution is 2.25. The number of aliphatic hydroxyl groups is 1. The van der Waals surface area contributed by atoms with Crippen LogP contribution in [0.5, 0.6) is 5.75 Å². The van der Waals surface area contributed by atoms with Crippen LogP contribution in [-0.2, 0) is 4.84 Å². The van der Waals surface area contributed by atoms with Crippen LogP contribution in [0.25, 0.3) is 0 Å². The van der Waals surface area contributed by atoms with Gasteiger partial charge < -0.3 is 9.84 Å². The number of ether oxygens (including phenoxy) is 1. The Hall–Kier alpha value is -2.47. The molecule has 0 aliphatic rings. The maximum absolute atomic E-state index is 13.6. The zero-order valence-corrected chi connectivity index (χ0v) is 19.4. The van der Waals surface area contributed by atoms with Gasteiger partial charge in [0.25, 0.3) is 5.91 Å². The molecule has 1 unspecified atom stereocenters. The number of hydrogen-bond acceptors (Lipinski definition) is 5. The largest absolute Gasteiger partial charge is 0.491 e. The SMILES string of the molecule is O=C(c1ccc(F)c(F)c1)N(Nc1ccc(I)cc1Cl)OCC(O)COc1ccccc1. The Kier molecular flexibility index (Phi) is 8.62. The van der Waals surface area contributed by atoms with Gasteiger partial charge in [0.2, 0.25) is 0 Å². The smallest absolute Gasteiger partial charge is 0.297 e. The lowest BCUT2D eigenvalue weighted by molar-refractivity contribution is -0.135. The van der Waals surface area contributed by atoms with Gasteiger partial charge in [-0.25, -0.2) is 13.6 Å². The number of amides is 1. The van der Waals surface area contributed by atoms with Gasteiger partial charge in [-0.05, 0) is 71.1 Å². The Bertz CT molecular complexity index is 1080. The van der Waals surface area contributed by atoms with Crippen molar-refractivity contribution in [1.29, 1.82) is 0 Å². The van der Waals surface area contributed by atoms with E-state index in [1.54, 1.807) is 42.5 Å². The molecule has 0 spiro atoms. The Balaban J connectivity index is 1.71. The summed E-state index contributed by atoms with van der Waals surface area (Å²) >= 11 is 8.29. The number of nitrogens with zero attached hydrogens (tertiary/aromatic N) is 1. The molecule has 0 aliphatic heterocycles. The van der Waals surface area contributed by atoms with Crippen LogP contribution in [0.2, 0.25) is 5.02 Å². The topological polar surface area (TPSA) is 71.0 Å². The summed E-state index contributed by atoms with van der Waals surface area (Å²) in [6.07, 6.45) is -1.09. The van der Waals surface area contributed by atoms with Gasteiger partial charge in [0.1, 0.15) is 25.1 Å². The number of hydrazine groups is 1. The van der Waals surface area contributed by atoms with Crippen molar-refractivity contribution in [2.45, 2.75) is 6.10 Å². The van der Waals surface area contributed by atoms with Crippen molar-refractivity contribution in [2.24, 2.45) is 0 Å². The van der Waals surface area contributed by atoms with E-state index in [1.165, 1.54) is 0 Å². The molecule has 0 saturated heterocycles. The molecule has 3 rings (SSSR count). The number of benzene rings is 3. The van der Waals surface area contributed by atoms with E-state index >= 15 is 0 Å². The fraction of sp³-hybridized carbons (Fsp3) is 0.136. The van der Waals surface area contributed by atoms with Crippen LogP contribution in [0.4, 0.5) is 14.5 Å². The predicted octanol–water partition coefficient (Wildman–Crippen LogP) is 5.06. The number of carbonyl (C=O) groups excluding carboxylic acids is 1. The quantitative estimate of drug-likeness (QED) is 0.276. The van der Waals surface area contributed by atoms with Crippen molar-refractivity contribution < 1.29 is 28.3 Å². The summed E-state index contributed by atoms with van der Waals surface area (Å²) in [5.41, 5.74) is 2.85. The van der Waals surface area contributed by atoms with E-state index in [0.717, 1.165) is 21.8 Å². The molecule has 0 fully saturated rings. The highest BCUT2D eigenvalue weighted by atomic mass is 127. The molecule has 6 nitrogen and oxygen atoms in total. The number of halogens is 4. The Morgan fingerprint density at radius 1 is 1.06 bits per heavy atom. The van der Waals surface area contributed by atoms with E-state index < -0.39 is 23.6 Å². The minimum atomic E-state index is -1.18. The fourth-order valence-corrected chi connectivity index (χ4v) is 3.39. The number of hydrogen-bond donors (Lipinski definition) is 2. The number of para-hydroxylation sites is 1. The van der Waals surface area contributed by atoms with Gasteiger partial charge in [0.15, 0.2) is 11.6 Å². The molecule has 1 atom stereocenters. The molecule has 0 radical (unpaired) electrons. The first-order valence-electron chi connectivity index (χ1n) is 9.33. The summed E-state index contributed by atoms with van der Waals surface area (Å²) in [4.78, 5) is 18.3. The summed E-state index contributed by atoms with van der Waals surface area (Å²) in [5.74, 6) is -2.53. The minimum absolute atomic E-state index is 0.0957. The van der Waals surface area contributed by atoms with Crippen LogP contribution in [0.15, 0.2) is 66.7 Å². The lowest BCUT2D eigenvalue weighted by Crippen LogP contribution is -2.39. The lowest BCUT2D eigenvalue weighted by atomic mass is 10.2. The predicted molar refractivity (Wildman–Crippen MR) is 124 cm³/mol. The van der Waals surface area contributed by atoms with Crippen LogP contribution in [0, 0.1) is 15.2 Å². The van der Waals surface area contributed by atoms with Gasteiger partial charge in [-0.3, -0.25) is 10.2 Å². The second kappa shape index (κ2) is 11.4. The van der Waals surface area contributed by atoms with Crippen molar-refractivity contribution >= 4 is 45.8 Å². The first-order valence-corrected chi connectivity index (χ1v) is 10.8. The Labute approximate surface area is 201 Å². The van der Waals surface area contributed by atoms with Crippen molar-refractivity contribution in [1.82, 2.24) is 5.17 Å². The third-order valence-corrected chi connectivity index (χ3v) is 5.07. The number of rotatable bonds is 9. The van der Waals surface area contributed by atoms with Gasteiger partial charge in [-0.15, -0.1) is 5.17 Å². The molecule has 1 amide bonds. The van der Waals surface area contributed by atoms with Gasteiger partial charge >= 0.3 is 0 Å². The number of aliphatic hydroxyl groups excluding tert-OH is 1. The summed E-state index contributed by atoms with van der Waals surface area (Å²) in [5, 5.41) is 11.2. The standard InChI is InChI=1S/C22H18ClF2IN2O4/c23-18-11-15(26)7-9-21(18)27-28(22(30)14-6-8-19(24)20(25)10-14)32-13-16(29)12-31-17-4-2-1-3-5-17/h1-11,16,27,29H,12-13H2. The van der Waals surface area contributed by atoms with Crippen molar-refractivity contribution in [3.63, 3.8) is 0 Å².